The van der Waals surface area contributed by atoms with Crippen LogP contribution in [0, 0.1) is 6.92 Å². The summed E-state index contributed by atoms with van der Waals surface area (Å²) in [5, 5.41) is 1.13. The molecule has 1 radical (unpaired) electrons. The molecule has 0 atom stereocenters. The fourth-order valence-electron chi connectivity index (χ4n) is 0.554. The average Bonchev–Trinajstić information content (AvgIpc) is 1.77. The lowest BCUT2D eigenvalue weighted by Crippen LogP contribution is -1.85. The second-order valence-electron chi connectivity index (χ2n) is 1.87. The predicted molar refractivity (Wildman–Crippen MR) is 39.1 cm³/mol. The van der Waals surface area contributed by atoms with Crippen LogP contribution in [0.1, 0.15) is 5.56 Å². The van der Waals surface area contributed by atoms with E-state index in [2.05, 4.69) is 28.3 Å². The van der Waals surface area contributed by atoms with Crippen molar-refractivity contribution in [2.45, 2.75) is 6.92 Å². The number of aryl methyl sites for hydroxylation is 1. The van der Waals surface area contributed by atoms with Gasteiger partial charge in [-0.05, 0) is 12.2 Å². The van der Waals surface area contributed by atoms with Crippen LogP contribution in [0.15, 0.2) is 24.3 Å². The molecule has 0 amide bonds. The van der Waals surface area contributed by atoms with E-state index in [1.165, 1.54) is 5.56 Å². The summed E-state index contributed by atoms with van der Waals surface area (Å²) in [6, 6.07) is 8.21. The van der Waals surface area contributed by atoms with Gasteiger partial charge in [0.05, 0.1) is 0 Å². The van der Waals surface area contributed by atoms with E-state index in [9.17, 15) is 0 Å². The van der Waals surface area contributed by atoms with Crippen LogP contribution < -0.4 is 5.30 Å². The molecule has 0 nitrogen and oxygen atoms in total. The van der Waals surface area contributed by atoms with Crippen LogP contribution in [0.25, 0.3) is 0 Å². The van der Waals surface area contributed by atoms with Crippen molar-refractivity contribution in [2.24, 2.45) is 0 Å². The maximum absolute atomic E-state index is 3.39. The molecular weight excluding hydrogens is 115 g/mol. The molecule has 0 unspecified atom stereocenters. The molecule has 0 N–H and O–H groups in total. The molecule has 1 aromatic rings. The van der Waals surface area contributed by atoms with Crippen molar-refractivity contribution in [2.75, 3.05) is 0 Å². The number of rotatable bonds is 0. The maximum atomic E-state index is 3.39. The Morgan fingerprint density at radius 2 is 1.62 bits per heavy atom. The molecule has 1 rings (SSSR count). The van der Waals surface area contributed by atoms with E-state index < -0.39 is 0 Å². The normalized spacial score (nSPS) is 9.25. The summed E-state index contributed by atoms with van der Waals surface area (Å²) < 4.78 is 0. The molecule has 1 aromatic carbocycles. The van der Waals surface area contributed by atoms with Gasteiger partial charge in [-0.15, -0.1) is 0 Å². The quantitative estimate of drug-likeness (QED) is 0.461. The molecule has 0 saturated carbocycles. The molecule has 0 aliphatic heterocycles. The van der Waals surface area contributed by atoms with E-state index in [1.54, 1.807) is 0 Å². The average molecular weight is 123 g/mol. The van der Waals surface area contributed by atoms with Gasteiger partial charge in [0.2, 0.25) is 0 Å². The van der Waals surface area contributed by atoms with Gasteiger partial charge < -0.3 is 0 Å². The summed E-state index contributed by atoms with van der Waals surface area (Å²) >= 11 is 0. The van der Waals surface area contributed by atoms with Crippen LogP contribution in [-0.4, -0.2) is 0 Å². The highest BCUT2D eigenvalue weighted by Crippen LogP contribution is 1.94. The predicted octanol–water partition coefficient (Wildman–Crippen LogP) is 1.76. The molecule has 0 fully saturated rings. The van der Waals surface area contributed by atoms with E-state index in [4.69, 9.17) is 0 Å². The minimum atomic E-state index is 1.13. The molecule has 41 valence electrons. The monoisotopic (exact) mass is 123 g/mol. The Morgan fingerprint density at radius 1 is 1.12 bits per heavy atom. The Kier molecular flexibility index (Phi) is 1.65. The van der Waals surface area contributed by atoms with E-state index in [0.29, 0.717) is 0 Å². The summed E-state index contributed by atoms with van der Waals surface area (Å²) in [6.45, 7) is 2.08. The zero-order valence-corrected chi connectivity index (χ0v) is 5.81. The highest BCUT2D eigenvalue weighted by Gasteiger charge is 1.80. The van der Waals surface area contributed by atoms with Gasteiger partial charge in [-0.1, -0.05) is 39.1 Å². The van der Waals surface area contributed by atoms with Crippen LogP contribution in [0.4, 0.5) is 0 Å². The fourth-order valence-corrected chi connectivity index (χ4v) is 0.720. The van der Waals surface area contributed by atoms with Gasteiger partial charge in [0.15, 0.2) is 0 Å². The highest BCUT2D eigenvalue weighted by atomic mass is 31.0. The van der Waals surface area contributed by atoms with Crippen molar-refractivity contribution in [1.29, 1.82) is 0 Å². The Balaban J connectivity index is 3.03. The van der Waals surface area contributed by atoms with Gasteiger partial charge in [-0.2, -0.15) is 0 Å². The first-order valence-corrected chi connectivity index (χ1v) is 3.07. The summed E-state index contributed by atoms with van der Waals surface area (Å²) in [5.41, 5.74) is 1.30. The lowest BCUT2D eigenvalue weighted by Gasteiger charge is -1.89. The van der Waals surface area contributed by atoms with Gasteiger partial charge in [-0.25, -0.2) is 0 Å². The topological polar surface area (TPSA) is 0 Å². The molecule has 8 heavy (non-hydrogen) atoms. The standard InChI is InChI=1S/C7H8P/c1-6-2-4-7(8)5-3-6/h2-5,8H,1H3. The Hall–Kier alpha value is -0.350. The number of hydrogen-bond acceptors (Lipinski definition) is 0. The molecule has 0 spiro atoms. The third-order valence-electron chi connectivity index (χ3n) is 1.05. The van der Waals surface area contributed by atoms with Crippen molar-refractivity contribution >= 4 is 14.5 Å². The van der Waals surface area contributed by atoms with Crippen LogP contribution in [0.3, 0.4) is 0 Å². The first kappa shape index (κ1) is 5.78. The third-order valence-corrected chi connectivity index (χ3v) is 1.38. The fraction of sp³-hybridized carbons (Fsp3) is 0.143. The molecule has 0 aromatic heterocycles. The molecule has 1 heteroatoms. The van der Waals surface area contributed by atoms with Crippen molar-refractivity contribution in [3.8, 4) is 0 Å². The van der Waals surface area contributed by atoms with Crippen LogP contribution in [0.5, 0.6) is 0 Å². The Labute approximate surface area is 52.1 Å². The van der Waals surface area contributed by atoms with Crippen LogP contribution in [0.2, 0.25) is 0 Å². The molecule has 0 aliphatic carbocycles. The smallest absolute Gasteiger partial charge is 0.0227 e. The minimum absolute atomic E-state index is 1.13. The molecule has 0 aliphatic rings. The highest BCUT2D eigenvalue weighted by molar-refractivity contribution is 7.27. The van der Waals surface area contributed by atoms with Crippen LogP contribution in [-0.2, 0) is 0 Å². The van der Waals surface area contributed by atoms with Gasteiger partial charge >= 0.3 is 0 Å². The zero-order chi connectivity index (χ0) is 5.98. The summed E-state index contributed by atoms with van der Waals surface area (Å²) in [5.74, 6) is 0. The van der Waals surface area contributed by atoms with Crippen molar-refractivity contribution in [1.82, 2.24) is 0 Å². The summed E-state index contributed by atoms with van der Waals surface area (Å²) in [4.78, 5) is 0. The van der Waals surface area contributed by atoms with Crippen LogP contribution >= 0.6 is 9.24 Å². The lowest BCUT2D eigenvalue weighted by atomic mass is 10.2. The first-order chi connectivity index (χ1) is 3.79. The second kappa shape index (κ2) is 2.28. The third kappa shape index (κ3) is 1.31. The molecular formula is C7H8P. The van der Waals surface area contributed by atoms with E-state index >= 15 is 0 Å². The van der Waals surface area contributed by atoms with E-state index in [0.717, 1.165) is 5.30 Å². The molecule has 0 saturated heterocycles. The SMILES string of the molecule is Cc1ccc([PH])cc1. The second-order valence-corrected chi connectivity index (χ2v) is 2.44. The van der Waals surface area contributed by atoms with Gasteiger partial charge in [-0.3, -0.25) is 0 Å². The summed E-state index contributed by atoms with van der Waals surface area (Å²) in [6.07, 6.45) is 0. The van der Waals surface area contributed by atoms with Crippen molar-refractivity contribution in [3.05, 3.63) is 29.8 Å². The zero-order valence-electron chi connectivity index (χ0n) is 4.81. The largest absolute Gasteiger partial charge is 0.0634 e. The maximum Gasteiger partial charge on any atom is -0.0227 e. The van der Waals surface area contributed by atoms with Crippen molar-refractivity contribution in [3.63, 3.8) is 0 Å². The van der Waals surface area contributed by atoms with Gasteiger partial charge in [0.1, 0.15) is 0 Å². The minimum Gasteiger partial charge on any atom is -0.0634 e. The van der Waals surface area contributed by atoms with E-state index in [1.807, 2.05) is 12.1 Å². The molecule has 0 bridgehead atoms. The number of benzene rings is 1. The number of hydrogen-bond donors (Lipinski definition) is 0. The first-order valence-electron chi connectivity index (χ1n) is 2.57. The van der Waals surface area contributed by atoms with Gasteiger partial charge in [0, 0.05) is 0 Å². The van der Waals surface area contributed by atoms with Gasteiger partial charge in [0.25, 0.3) is 0 Å². The Bertz CT molecular complexity index is 143. The lowest BCUT2D eigenvalue weighted by molar-refractivity contribution is 1.49. The summed E-state index contributed by atoms with van der Waals surface area (Å²) in [7, 11) is 3.39. The van der Waals surface area contributed by atoms with Crippen molar-refractivity contribution < 1.29 is 0 Å². The molecule has 0 heterocycles. The van der Waals surface area contributed by atoms with E-state index in [-0.39, 0.29) is 0 Å². The Morgan fingerprint density at radius 3 is 2.00 bits per heavy atom.